The van der Waals surface area contributed by atoms with Gasteiger partial charge in [-0.1, -0.05) is 6.07 Å². The van der Waals surface area contributed by atoms with Gasteiger partial charge in [0.15, 0.2) is 5.69 Å². The van der Waals surface area contributed by atoms with E-state index in [-0.39, 0.29) is 5.69 Å². The van der Waals surface area contributed by atoms with Crippen LogP contribution in [0.15, 0.2) is 36.9 Å². The first-order chi connectivity index (χ1) is 8.66. The van der Waals surface area contributed by atoms with Crippen LogP contribution in [0, 0.1) is 0 Å². The Morgan fingerprint density at radius 3 is 2.72 bits per heavy atom. The van der Waals surface area contributed by atoms with Gasteiger partial charge in [0.1, 0.15) is 5.82 Å². The van der Waals surface area contributed by atoms with E-state index in [0.717, 1.165) is 5.56 Å². The number of aromatic nitrogens is 3. The zero-order valence-electron chi connectivity index (χ0n) is 9.82. The zero-order valence-corrected chi connectivity index (χ0v) is 9.82. The van der Waals surface area contributed by atoms with Crippen molar-refractivity contribution < 1.29 is 9.90 Å². The SMILES string of the molecule is CN(Cc1cccnc1)c1cnc(C(=O)O)cn1. The molecule has 0 bridgehead atoms. The van der Waals surface area contributed by atoms with Gasteiger partial charge in [-0.05, 0) is 11.6 Å². The van der Waals surface area contributed by atoms with E-state index < -0.39 is 5.97 Å². The molecule has 6 heteroatoms. The van der Waals surface area contributed by atoms with Crippen molar-refractivity contribution in [2.45, 2.75) is 6.54 Å². The minimum Gasteiger partial charge on any atom is -0.476 e. The monoisotopic (exact) mass is 244 g/mol. The Morgan fingerprint density at radius 2 is 2.17 bits per heavy atom. The Labute approximate surface area is 104 Å². The van der Waals surface area contributed by atoms with E-state index in [0.29, 0.717) is 12.4 Å². The van der Waals surface area contributed by atoms with Crippen LogP contribution in [0.4, 0.5) is 5.82 Å². The first kappa shape index (κ1) is 12.0. The van der Waals surface area contributed by atoms with Crippen LogP contribution in [-0.4, -0.2) is 33.1 Å². The third kappa shape index (κ3) is 2.79. The maximum atomic E-state index is 10.6. The van der Waals surface area contributed by atoms with Gasteiger partial charge in [-0.2, -0.15) is 0 Å². The molecule has 0 unspecified atom stereocenters. The summed E-state index contributed by atoms with van der Waals surface area (Å²) in [6.45, 7) is 0.634. The van der Waals surface area contributed by atoms with Gasteiger partial charge >= 0.3 is 5.97 Å². The number of hydrogen-bond acceptors (Lipinski definition) is 5. The highest BCUT2D eigenvalue weighted by atomic mass is 16.4. The Kier molecular flexibility index (Phi) is 3.47. The fraction of sp³-hybridized carbons (Fsp3) is 0.167. The van der Waals surface area contributed by atoms with Crippen LogP contribution in [-0.2, 0) is 6.54 Å². The van der Waals surface area contributed by atoms with Crippen LogP contribution in [0.25, 0.3) is 0 Å². The fourth-order valence-electron chi connectivity index (χ4n) is 1.48. The number of hydrogen-bond donors (Lipinski definition) is 1. The largest absolute Gasteiger partial charge is 0.476 e. The minimum absolute atomic E-state index is 0.0615. The molecule has 2 aromatic rings. The topological polar surface area (TPSA) is 79.2 Å². The summed E-state index contributed by atoms with van der Waals surface area (Å²) in [7, 11) is 1.86. The minimum atomic E-state index is -1.08. The number of anilines is 1. The molecule has 0 saturated heterocycles. The van der Waals surface area contributed by atoms with Crippen molar-refractivity contribution in [1.29, 1.82) is 0 Å². The zero-order chi connectivity index (χ0) is 13.0. The highest BCUT2D eigenvalue weighted by Gasteiger charge is 2.08. The molecule has 2 aromatic heterocycles. The van der Waals surface area contributed by atoms with Crippen molar-refractivity contribution in [2.24, 2.45) is 0 Å². The maximum Gasteiger partial charge on any atom is 0.356 e. The normalized spacial score (nSPS) is 10.1. The Hall–Kier alpha value is -2.50. The second-order valence-corrected chi connectivity index (χ2v) is 3.78. The molecule has 0 radical (unpaired) electrons. The average Bonchev–Trinajstić information content (AvgIpc) is 2.40. The van der Waals surface area contributed by atoms with E-state index in [2.05, 4.69) is 15.0 Å². The smallest absolute Gasteiger partial charge is 0.356 e. The van der Waals surface area contributed by atoms with Gasteiger partial charge in [0.2, 0.25) is 0 Å². The van der Waals surface area contributed by atoms with Gasteiger partial charge in [0.05, 0.1) is 12.4 Å². The van der Waals surface area contributed by atoms with Gasteiger partial charge in [-0.25, -0.2) is 14.8 Å². The predicted octanol–water partition coefficient (Wildman–Crippen LogP) is 1.21. The molecule has 0 amide bonds. The lowest BCUT2D eigenvalue weighted by atomic mass is 10.3. The number of carboxylic acids is 1. The average molecular weight is 244 g/mol. The van der Waals surface area contributed by atoms with E-state index in [1.54, 1.807) is 12.4 Å². The van der Waals surface area contributed by atoms with Crippen LogP contribution in [0.1, 0.15) is 16.1 Å². The molecule has 2 heterocycles. The lowest BCUT2D eigenvalue weighted by Gasteiger charge is -2.17. The second kappa shape index (κ2) is 5.22. The van der Waals surface area contributed by atoms with Crippen LogP contribution >= 0.6 is 0 Å². The van der Waals surface area contributed by atoms with E-state index in [4.69, 9.17) is 5.11 Å². The molecule has 0 aliphatic rings. The third-order valence-electron chi connectivity index (χ3n) is 2.39. The molecule has 0 aromatic carbocycles. The Morgan fingerprint density at radius 1 is 1.33 bits per heavy atom. The first-order valence-corrected chi connectivity index (χ1v) is 5.32. The van der Waals surface area contributed by atoms with E-state index in [1.165, 1.54) is 12.4 Å². The standard InChI is InChI=1S/C12H12N4O2/c1-16(8-9-3-2-4-13-5-9)11-7-14-10(6-15-11)12(17)18/h2-7H,8H2,1H3,(H,17,18). The predicted molar refractivity (Wildman–Crippen MR) is 65.3 cm³/mol. The number of pyridine rings is 1. The van der Waals surface area contributed by atoms with E-state index in [9.17, 15) is 4.79 Å². The van der Waals surface area contributed by atoms with Crippen LogP contribution in [0.3, 0.4) is 0 Å². The molecule has 2 rings (SSSR count). The summed E-state index contributed by atoms with van der Waals surface area (Å²) in [5.74, 6) is -0.465. The van der Waals surface area contributed by atoms with Gasteiger partial charge in [0, 0.05) is 26.0 Å². The van der Waals surface area contributed by atoms with Crippen molar-refractivity contribution in [2.75, 3.05) is 11.9 Å². The molecule has 0 spiro atoms. The van der Waals surface area contributed by atoms with Crippen molar-refractivity contribution in [3.8, 4) is 0 Å². The molecule has 1 N–H and O–H groups in total. The highest BCUT2D eigenvalue weighted by molar-refractivity contribution is 5.84. The summed E-state index contributed by atoms with van der Waals surface area (Å²) in [5, 5.41) is 8.73. The summed E-state index contributed by atoms with van der Waals surface area (Å²) in [4.78, 5) is 24.4. The third-order valence-corrected chi connectivity index (χ3v) is 2.39. The molecule has 6 nitrogen and oxygen atoms in total. The highest BCUT2D eigenvalue weighted by Crippen LogP contribution is 2.10. The van der Waals surface area contributed by atoms with Gasteiger partial charge in [0.25, 0.3) is 0 Å². The molecule has 0 aliphatic carbocycles. The molecular formula is C12H12N4O2. The van der Waals surface area contributed by atoms with Crippen LogP contribution in [0.2, 0.25) is 0 Å². The summed E-state index contributed by atoms with van der Waals surface area (Å²) in [6.07, 6.45) is 6.18. The Bertz CT molecular complexity index is 528. The number of rotatable bonds is 4. The molecule has 18 heavy (non-hydrogen) atoms. The molecule has 0 saturated carbocycles. The van der Waals surface area contributed by atoms with Crippen LogP contribution in [0.5, 0.6) is 0 Å². The van der Waals surface area contributed by atoms with Crippen LogP contribution < -0.4 is 4.90 Å². The van der Waals surface area contributed by atoms with Gasteiger partial charge in [-0.3, -0.25) is 4.98 Å². The van der Waals surface area contributed by atoms with Crippen molar-refractivity contribution >= 4 is 11.8 Å². The molecule has 0 aliphatic heterocycles. The maximum absolute atomic E-state index is 10.6. The molecule has 0 atom stereocenters. The second-order valence-electron chi connectivity index (χ2n) is 3.78. The summed E-state index contributed by atoms with van der Waals surface area (Å²) in [6, 6.07) is 3.82. The lowest BCUT2D eigenvalue weighted by Crippen LogP contribution is -2.18. The number of carbonyl (C=O) groups is 1. The van der Waals surface area contributed by atoms with E-state index >= 15 is 0 Å². The quantitative estimate of drug-likeness (QED) is 0.870. The van der Waals surface area contributed by atoms with Crippen molar-refractivity contribution in [3.63, 3.8) is 0 Å². The van der Waals surface area contributed by atoms with Gasteiger partial charge in [-0.15, -0.1) is 0 Å². The van der Waals surface area contributed by atoms with Crippen molar-refractivity contribution in [3.05, 3.63) is 48.2 Å². The first-order valence-electron chi connectivity index (χ1n) is 5.32. The van der Waals surface area contributed by atoms with Crippen molar-refractivity contribution in [1.82, 2.24) is 15.0 Å². The molecular weight excluding hydrogens is 232 g/mol. The molecule has 92 valence electrons. The summed E-state index contributed by atoms with van der Waals surface area (Å²) in [5.41, 5.74) is 0.984. The number of nitrogens with zero attached hydrogens (tertiary/aromatic N) is 4. The van der Waals surface area contributed by atoms with Gasteiger partial charge < -0.3 is 10.0 Å². The lowest BCUT2D eigenvalue weighted by molar-refractivity contribution is 0.0690. The molecule has 0 fully saturated rings. The number of aromatic carboxylic acids is 1. The number of carboxylic acid groups (broad SMARTS) is 1. The Balaban J connectivity index is 2.09. The van der Waals surface area contributed by atoms with E-state index in [1.807, 2.05) is 24.1 Å². The fourth-order valence-corrected chi connectivity index (χ4v) is 1.48. The summed E-state index contributed by atoms with van der Waals surface area (Å²) < 4.78 is 0. The summed E-state index contributed by atoms with van der Waals surface area (Å²) >= 11 is 0.